The number of rotatable bonds is 5. The fourth-order valence-corrected chi connectivity index (χ4v) is 3.48. The summed E-state index contributed by atoms with van der Waals surface area (Å²) in [6, 6.07) is 16.5. The van der Waals surface area contributed by atoms with E-state index >= 15 is 0 Å². The van der Waals surface area contributed by atoms with Gasteiger partial charge in [0.15, 0.2) is 0 Å². The Bertz CT molecular complexity index is 921. The summed E-state index contributed by atoms with van der Waals surface area (Å²) in [6.45, 7) is 14.1. The van der Waals surface area contributed by atoms with Crippen molar-refractivity contribution in [2.45, 2.75) is 65.5 Å². The molecule has 1 aromatic heterocycles. The third kappa shape index (κ3) is 5.23. The molecule has 0 fully saturated rings. The molecule has 0 amide bonds. The molecule has 0 bridgehead atoms. The zero-order valence-electron chi connectivity index (χ0n) is 18.5. The van der Waals surface area contributed by atoms with Crippen LogP contribution in [0, 0.1) is 0 Å². The quantitative estimate of drug-likeness (QED) is 0.545. The van der Waals surface area contributed by atoms with Gasteiger partial charge in [0, 0.05) is 18.9 Å². The predicted molar refractivity (Wildman–Crippen MR) is 120 cm³/mol. The SMILES string of the molecule is CC(C)(C)c1cc(COc2ccn(Cc3ccccc3)c2)cc(C(C)(C)C)c1O. The Labute approximate surface area is 175 Å². The van der Waals surface area contributed by atoms with Crippen LogP contribution in [0.25, 0.3) is 0 Å². The monoisotopic (exact) mass is 391 g/mol. The van der Waals surface area contributed by atoms with E-state index in [1.807, 2.05) is 24.5 Å². The van der Waals surface area contributed by atoms with E-state index in [0.717, 1.165) is 29.0 Å². The molecule has 2 aromatic carbocycles. The fourth-order valence-electron chi connectivity index (χ4n) is 3.48. The van der Waals surface area contributed by atoms with Gasteiger partial charge in [-0.2, -0.15) is 0 Å². The fraction of sp³-hybridized carbons (Fsp3) is 0.385. The summed E-state index contributed by atoms with van der Waals surface area (Å²) < 4.78 is 8.21. The molecule has 0 radical (unpaired) electrons. The number of ether oxygens (including phenoxy) is 1. The van der Waals surface area contributed by atoms with Crippen LogP contribution in [-0.2, 0) is 24.0 Å². The van der Waals surface area contributed by atoms with Gasteiger partial charge in [-0.3, -0.25) is 0 Å². The van der Waals surface area contributed by atoms with Gasteiger partial charge in [-0.1, -0.05) is 71.9 Å². The standard InChI is InChI=1S/C26H33NO2/c1-25(2,3)22-14-20(15-23(24(22)28)26(4,5)6)18-29-21-12-13-27(17-21)16-19-10-8-7-9-11-19/h7-15,17,28H,16,18H2,1-6H3. The van der Waals surface area contributed by atoms with Crippen molar-refractivity contribution in [2.75, 3.05) is 0 Å². The Morgan fingerprint density at radius 2 is 1.41 bits per heavy atom. The third-order valence-electron chi connectivity index (χ3n) is 5.12. The molecule has 3 aromatic rings. The van der Waals surface area contributed by atoms with Crippen molar-refractivity contribution < 1.29 is 9.84 Å². The molecule has 29 heavy (non-hydrogen) atoms. The molecule has 154 valence electrons. The number of hydrogen-bond donors (Lipinski definition) is 1. The number of phenols is 1. The molecule has 1 heterocycles. The van der Waals surface area contributed by atoms with Gasteiger partial charge in [0.1, 0.15) is 18.1 Å². The number of nitrogens with zero attached hydrogens (tertiary/aromatic N) is 1. The molecule has 1 N–H and O–H groups in total. The van der Waals surface area contributed by atoms with E-state index in [1.54, 1.807) is 0 Å². The van der Waals surface area contributed by atoms with Gasteiger partial charge in [0.25, 0.3) is 0 Å². The summed E-state index contributed by atoms with van der Waals surface area (Å²) in [5.41, 5.74) is 3.99. The maximum absolute atomic E-state index is 10.9. The van der Waals surface area contributed by atoms with Gasteiger partial charge >= 0.3 is 0 Å². The molecule has 0 aliphatic carbocycles. The zero-order chi connectivity index (χ0) is 21.2. The Kier molecular flexibility index (Phi) is 5.79. The van der Waals surface area contributed by atoms with Gasteiger partial charge in [0.2, 0.25) is 0 Å². The van der Waals surface area contributed by atoms with Crippen molar-refractivity contribution in [3.63, 3.8) is 0 Å². The van der Waals surface area contributed by atoms with E-state index in [2.05, 4.69) is 82.5 Å². The van der Waals surface area contributed by atoms with Crippen LogP contribution in [-0.4, -0.2) is 9.67 Å². The molecule has 0 spiro atoms. The van der Waals surface area contributed by atoms with Crippen LogP contribution in [0.15, 0.2) is 60.9 Å². The lowest BCUT2D eigenvalue weighted by atomic mass is 9.78. The molecule has 3 rings (SSSR count). The second kappa shape index (κ2) is 7.98. The predicted octanol–water partition coefficient (Wildman–Crippen LogP) is 6.42. The topological polar surface area (TPSA) is 34.4 Å². The Balaban J connectivity index is 1.78. The number of aromatic nitrogens is 1. The summed E-state index contributed by atoms with van der Waals surface area (Å²) in [6.07, 6.45) is 4.07. The number of aromatic hydroxyl groups is 1. The molecular formula is C26H33NO2. The Hall–Kier alpha value is -2.68. The first-order valence-electron chi connectivity index (χ1n) is 10.2. The van der Waals surface area contributed by atoms with Crippen LogP contribution >= 0.6 is 0 Å². The largest absolute Gasteiger partial charge is 0.507 e. The Morgan fingerprint density at radius 1 is 0.828 bits per heavy atom. The number of hydrogen-bond acceptors (Lipinski definition) is 2. The van der Waals surface area contributed by atoms with Crippen molar-refractivity contribution in [2.24, 2.45) is 0 Å². The zero-order valence-corrected chi connectivity index (χ0v) is 18.5. The Morgan fingerprint density at radius 3 is 1.97 bits per heavy atom. The molecule has 0 saturated carbocycles. The second-order valence-corrected chi connectivity index (χ2v) is 9.83. The average Bonchev–Trinajstić information content (AvgIpc) is 3.07. The average molecular weight is 392 g/mol. The van der Waals surface area contributed by atoms with Crippen LogP contribution in [0.3, 0.4) is 0 Å². The highest BCUT2D eigenvalue weighted by Crippen LogP contribution is 2.40. The first-order chi connectivity index (χ1) is 13.5. The maximum Gasteiger partial charge on any atom is 0.137 e. The van der Waals surface area contributed by atoms with E-state index in [1.165, 1.54) is 5.56 Å². The molecule has 0 aliphatic rings. The van der Waals surface area contributed by atoms with E-state index in [4.69, 9.17) is 4.74 Å². The van der Waals surface area contributed by atoms with E-state index in [0.29, 0.717) is 12.4 Å². The number of phenolic OH excluding ortho intramolecular Hbond substituents is 1. The smallest absolute Gasteiger partial charge is 0.137 e. The molecule has 3 nitrogen and oxygen atoms in total. The number of benzene rings is 2. The molecule has 0 atom stereocenters. The summed E-state index contributed by atoms with van der Waals surface area (Å²) in [4.78, 5) is 0. The van der Waals surface area contributed by atoms with Crippen molar-refractivity contribution in [3.05, 3.63) is 83.2 Å². The van der Waals surface area contributed by atoms with E-state index < -0.39 is 0 Å². The van der Waals surface area contributed by atoms with Crippen LogP contribution in [0.2, 0.25) is 0 Å². The minimum Gasteiger partial charge on any atom is -0.507 e. The van der Waals surface area contributed by atoms with Crippen LogP contribution in [0.1, 0.15) is 63.8 Å². The van der Waals surface area contributed by atoms with Gasteiger partial charge < -0.3 is 14.4 Å². The lowest BCUT2D eigenvalue weighted by Crippen LogP contribution is -2.18. The molecule has 0 unspecified atom stereocenters. The van der Waals surface area contributed by atoms with Crippen molar-refractivity contribution >= 4 is 0 Å². The highest BCUT2D eigenvalue weighted by Gasteiger charge is 2.26. The first kappa shape index (κ1) is 21.0. The third-order valence-corrected chi connectivity index (χ3v) is 5.12. The molecule has 0 saturated heterocycles. The lowest BCUT2D eigenvalue weighted by Gasteiger charge is -2.28. The maximum atomic E-state index is 10.9. The lowest BCUT2D eigenvalue weighted by molar-refractivity contribution is 0.304. The first-order valence-corrected chi connectivity index (χ1v) is 10.2. The van der Waals surface area contributed by atoms with E-state index in [9.17, 15) is 5.11 Å². The molecule has 3 heteroatoms. The normalized spacial score (nSPS) is 12.2. The summed E-state index contributed by atoms with van der Waals surface area (Å²) in [7, 11) is 0. The van der Waals surface area contributed by atoms with Crippen molar-refractivity contribution in [3.8, 4) is 11.5 Å². The van der Waals surface area contributed by atoms with Crippen molar-refractivity contribution in [1.29, 1.82) is 0 Å². The minimum absolute atomic E-state index is 0.140. The van der Waals surface area contributed by atoms with Crippen LogP contribution < -0.4 is 4.74 Å². The van der Waals surface area contributed by atoms with E-state index in [-0.39, 0.29) is 10.8 Å². The van der Waals surface area contributed by atoms with Crippen LogP contribution in [0.4, 0.5) is 0 Å². The molecular weight excluding hydrogens is 358 g/mol. The van der Waals surface area contributed by atoms with Gasteiger partial charge in [-0.05, 0) is 51.3 Å². The van der Waals surface area contributed by atoms with Gasteiger partial charge in [-0.25, -0.2) is 0 Å². The van der Waals surface area contributed by atoms with Crippen LogP contribution in [0.5, 0.6) is 11.5 Å². The van der Waals surface area contributed by atoms with Crippen molar-refractivity contribution in [1.82, 2.24) is 4.57 Å². The molecule has 0 aliphatic heterocycles. The summed E-state index contributed by atoms with van der Waals surface area (Å²) in [5.74, 6) is 1.26. The second-order valence-electron chi connectivity index (χ2n) is 9.83. The highest BCUT2D eigenvalue weighted by molar-refractivity contribution is 5.49. The summed E-state index contributed by atoms with van der Waals surface area (Å²) >= 11 is 0. The van der Waals surface area contributed by atoms with Gasteiger partial charge in [0.05, 0.1) is 0 Å². The highest BCUT2D eigenvalue weighted by atomic mass is 16.5. The minimum atomic E-state index is -0.140. The van der Waals surface area contributed by atoms with Gasteiger partial charge in [-0.15, -0.1) is 0 Å². The summed E-state index contributed by atoms with van der Waals surface area (Å²) in [5, 5.41) is 10.9.